The van der Waals surface area contributed by atoms with Crippen molar-refractivity contribution >= 4 is 10.8 Å². The van der Waals surface area contributed by atoms with Crippen LogP contribution >= 0.6 is 0 Å². The summed E-state index contributed by atoms with van der Waals surface area (Å²) in [6.45, 7) is 0. The number of nitrogens with zero attached hydrogens (tertiary/aromatic N) is 1. The largest absolute Gasteiger partial charge is 0.387 e. The second-order valence-electron chi connectivity index (χ2n) is 2.67. The zero-order valence-electron chi connectivity index (χ0n) is 6.90. The fourth-order valence-corrected chi connectivity index (χ4v) is 1.33. The lowest BCUT2D eigenvalue weighted by Gasteiger charge is -2.00. The van der Waals surface area contributed by atoms with Crippen molar-refractivity contribution in [3.8, 4) is 12.0 Å². The molecular formula is C11H7NO. The van der Waals surface area contributed by atoms with E-state index in [4.69, 9.17) is 10.00 Å². The van der Waals surface area contributed by atoms with Crippen LogP contribution in [0.1, 0.15) is 0 Å². The van der Waals surface area contributed by atoms with Gasteiger partial charge in [-0.2, -0.15) is 0 Å². The Morgan fingerprint density at radius 2 is 1.77 bits per heavy atom. The van der Waals surface area contributed by atoms with Gasteiger partial charge in [0.2, 0.25) is 0 Å². The van der Waals surface area contributed by atoms with Crippen molar-refractivity contribution < 1.29 is 4.74 Å². The second kappa shape index (κ2) is 3.16. The fourth-order valence-electron chi connectivity index (χ4n) is 1.33. The highest BCUT2D eigenvalue weighted by atomic mass is 16.5. The lowest BCUT2D eigenvalue weighted by molar-refractivity contribution is 0.513. The van der Waals surface area contributed by atoms with E-state index in [0.717, 1.165) is 10.8 Å². The molecule has 0 bridgehead atoms. The zero-order valence-corrected chi connectivity index (χ0v) is 6.90. The molecule has 0 aliphatic carbocycles. The number of ether oxygens (including phenoxy) is 1. The normalized spacial score (nSPS) is 9.46. The molecular weight excluding hydrogens is 162 g/mol. The molecule has 0 atom stereocenters. The van der Waals surface area contributed by atoms with Crippen molar-refractivity contribution in [2.24, 2.45) is 0 Å². The van der Waals surface area contributed by atoms with Gasteiger partial charge in [0.05, 0.1) is 0 Å². The highest BCUT2D eigenvalue weighted by Gasteiger charge is 1.99. The molecule has 2 aromatic rings. The maximum Gasteiger partial charge on any atom is 0.292 e. The van der Waals surface area contributed by atoms with E-state index < -0.39 is 0 Å². The Morgan fingerprint density at radius 3 is 2.62 bits per heavy atom. The predicted octanol–water partition coefficient (Wildman–Crippen LogP) is 2.70. The lowest BCUT2D eigenvalue weighted by Crippen LogP contribution is -1.82. The summed E-state index contributed by atoms with van der Waals surface area (Å²) in [5, 5.41) is 10.5. The molecule has 2 aromatic carbocycles. The summed E-state index contributed by atoms with van der Waals surface area (Å²) in [6.07, 6.45) is 1.68. The van der Waals surface area contributed by atoms with Gasteiger partial charge in [0.15, 0.2) is 0 Å². The zero-order chi connectivity index (χ0) is 9.10. The molecule has 0 saturated carbocycles. The number of benzene rings is 2. The first-order valence-corrected chi connectivity index (χ1v) is 3.95. The van der Waals surface area contributed by atoms with Crippen LogP contribution in [0.25, 0.3) is 10.8 Å². The van der Waals surface area contributed by atoms with Gasteiger partial charge in [0, 0.05) is 5.39 Å². The van der Waals surface area contributed by atoms with Gasteiger partial charge in [0.25, 0.3) is 6.26 Å². The standard InChI is InChI=1S/C11H7NO/c12-8-13-11-7-3-5-9-4-1-2-6-10(9)11/h1-7H. The first-order chi connectivity index (χ1) is 6.42. The average Bonchev–Trinajstić information content (AvgIpc) is 2.19. The van der Waals surface area contributed by atoms with E-state index in [1.165, 1.54) is 0 Å². The monoisotopic (exact) mass is 169 g/mol. The van der Waals surface area contributed by atoms with Crippen molar-refractivity contribution in [3.63, 3.8) is 0 Å². The molecule has 0 radical (unpaired) electrons. The molecule has 0 aliphatic rings. The van der Waals surface area contributed by atoms with Gasteiger partial charge in [-0.05, 0) is 11.5 Å². The van der Waals surface area contributed by atoms with E-state index in [-0.39, 0.29) is 0 Å². The average molecular weight is 169 g/mol. The Balaban J connectivity index is 2.70. The highest BCUT2D eigenvalue weighted by Crippen LogP contribution is 2.24. The molecule has 62 valence electrons. The summed E-state index contributed by atoms with van der Waals surface area (Å²) in [6, 6.07) is 13.4. The molecule has 0 aromatic heterocycles. The number of hydrogen-bond acceptors (Lipinski definition) is 2. The summed E-state index contributed by atoms with van der Waals surface area (Å²) >= 11 is 0. The molecule has 0 unspecified atom stereocenters. The van der Waals surface area contributed by atoms with Crippen molar-refractivity contribution in [2.75, 3.05) is 0 Å². The van der Waals surface area contributed by atoms with E-state index in [1.807, 2.05) is 36.4 Å². The molecule has 0 N–H and O–H groups in total. The number of hydrogen-bond donors (Lipinski definition) is 0. The quantitative estimate of drug-likeness (QED) is 0.615. The van der Waals surface area contributed by atoms with E-state index >= 15 is 0 Å². The Labute approximate surface area is 76.0 Å². The lowest BCUT2D eigenvalue weighted by atomic mass is 10.1. The van der Waals surface area contributed by atoms with Crippen LogP contribution in [0.4, 0.5) is 0 Å². The molecule has 2 rings (SSSR count). The van der Waals surface area contributed by atoms with Crippen LogP contribution in [0.5, 0.6) is 5.75 Å². The predicted molar refractivity (Wildman–Crippen MR) is 50.2 cm³/mol. The Morgan fingerprint density at radius 1 is 1.00 bits per heavy atom. The maximum absolute atomic E-state index is 8.41. The summed E-state index contributed by atoms with van der Waals surface area (Å²) in [5.74, 6) is 0.612. The molecule has 0 aliphatic heterocycles. The minimum Gasteiger partial charge on any atom is -0.387 e. The summed E-state index contributed by atoms with van der Waals surface area (Å²) in [7, 11) is 0. The number of nitriles is 1. The first-order valence-electron chi connectivity index (χ1n) is 3.95. The molecule has 0 saturated heterocycles. The number of rotatable bonds is 1. The molecule has 2 heteroatoms. The number of fused-ring (bicyclic) bond motifs is 1. The third kappa shape index (κ3) is 1.32. The van der Waals surface area contributed by atoms with Crippen molar-refractivity contribution in [3.05, 3.63) is 42.5 Å². The van der Waals surface area contributed by atoms with Crippen molar-refractivity contribution in [2.45, 2.75) is 0 Å². The van der Waals surface area contributed by atoms with Gasteiger partial charge in [-0.1, -0.05) is 36.4 Å². The Bertz CT molecular complexity index is 465. The van der Waals surface area contributed by atoms with Gasteiger partial charge in [-0.15, -0.1) is 5.26 Å². The fraction of sp³-hybridized carbons (Fsp3) is 0. The topological polar surface area (TPSA) is 33.0 Å². The van der Waals surface area contributed by atoms with Crippen LogP contribution < -0.4 is 4.74 Å². The molecule has 0 spiro atoms. The van der Waals surface area contributed by atoms with E-state index in [1.54, 1.807) is 12.3 Å². The maximum atomic E-state index is 8.41. The van der Waals surface area contributed by atoms with E-state index in [0.29, 0.717) is 5.75 Å². The Hall–Kier alpha value is -2.01. The van der Waals surface area contributed by atoms with Crippen LogP contribution in [0.2, 0.25) is 0 Å². The minimum atomic E-state index is 0.612. The minimum absolute atomic E-state index is 0.612. The van der Waals surface area contributed by atoms with Crippen LogP contribution in [-0.4, -0.2) is 0 Å². The second-order valence-corrected chi connectivity index (χ2v) is 2.67. The molecule has 0 fully saturated rings. The molecule has 13 heavy (non-hydrogen) atoms. The van der Waals surface area contributed by atoms with Gasteiger partial charge in [-0.25, -0.2) is 0 Å². The van der Waals surface area contributed by atoms with Crippen molar-refractivity contribution in [1.29, 1.82) is 5.26 Å². The molecule has 2 nitrogen and oxygen atoms in total. The van der Waals surface area contributed by atoms with Crippen LogP contribution in [0, 0.1) is 11.5 Å². The van der Waals surface area contributed by atoms with Gasteiger partial charge >= 0.3 is 0 Å². The summed E-state index contributed by atoms with van der Waals surface area (Å²) in [5.41, 5.74) is 0. The van der Waals surface area contributed by atoms with E-state index in [2.05, 4.69) is 0 Å². The van der Waals surface area contributed by atoms with Crippen LogP contribution in [-0.2, 0) is 0 Å². The molecule has 0 heterocycles. The highest BCUT2D eigenvalue weighted by molar-refractivity contribution is 5.88. The Kier molecular flexibility index (Phi) is 1.85. The third-order valence-electron chi connectivity index (χ3n) is 1.91. The van der Waals surface area contributed by atoms with Crippen molar-refractivity contribution in [1.82, 2.24) is 0 Å². The summed E-state index contributed by atoms with van der Waals surface area (Å²) in [4.78, 5) is 0. The molecule has 0 amide bonds. The van der Waals surface area contributed by atoms with Crippen LogP contribution in [0.3, 0.4) is 0 Å². The van der Waals surface area contributed by atoms with Gasteiger partial charge in [0.1, 0.15) is 5.75 Å². The third-order valence-corrected chi connectivity index (χ3v) is 1.91. The smallest absolute Gasteiger partial charge is 0.292 e. The van der Waals surface area contributed by atoms with Crippen LogP contribution in [0.15, 0.2) is 42.5 Å². The first kappa shape index (κ1) is 7.63. The summed E-state index contributed by atoms with van der Waals surface area (Å²) < 4.78 is 4.82. The van der Waals surface area contributed by atoms with E-state index in [9.17, 15) is 0 Å². The van der Waals surface area contributed by atoms with Gasteiger partial charge < -0.3 is 4.74 Å². The van der Waals surface area contributed by atoms with Gasteiger partial charge in [-0.3, -0.25) is 0 Å². The SMILES string of the molecule is N#COc1cccc2ccccc12.